The smallest absolute Gasteiger partial charge is 0.176 e. The zero-order chi connectivity index (χ0) is 9.76. The lowest BCUT2D eigenvalue weighted by Gasteiger charge is -2.48. The Morgan fingerprint density at radius 2 is 2.14 bits per heavy atom. The maximum absolute atomic E-state index is 11.5. The molecule has 0 saturated heterocycles. The largest absolute Gasteiger partial charge is 0.479 e. The van der Waals surface area contributed by atoms with Crippen molar-refractivity contribution in [3.8, 4) is 5.75 Å². The molecular weight excluding hydrogens is 176 g/mol. The molecule has 2 aliphatic rings. The molecule has 1 aliphatic heterocycles. The second-order valence-corrected chi connectivity index (χ2v) is 4.35. The number of ketones is 1. The number of carbonyl (C=O) groups is 1. The number of hydrogen-bond donors (Lipinski definition) is 0. The van der Waals surface area contributed by atoms with E-state index in [4.69, 9.17) is 4.74 Å². The number of ether oxygens (including phenoxy) is 1. The standard InChI is InChI=1S/C12H12O2/c1-12-9(7-11(12)13)6-8-4-2-3-5-10(8)14-12/h2-5,9H,6-7H2,1H3. The van der Waals surface area contributed by atoms with Gasteiger partial charge in [0, 0.05) is 12.3 Å². The predicted molar refractivity (Wildman–Crippen MR) is 52.3 cm³/mol. The summed E-state index contributed by atoms with van der Waals surface area (Å²) < 4.78 is 5.78. The molecule has 2 heteroatoms. The van der Waals surface area contributed by atoms with Crippen molar-refractivity contribution in [1.82, 2.24) is 0 Å². The van der Waals surface area contributed by atoms with Gasteiger partial charge < -0.3 is 4.74 Å². The maximum atomic E-state index is 11.5. The minimum Gasteiger partial charge on any atom is -0.479 e. The van der Waals surface area contributed by atoms with E-state index < -0.39 is 5.60 Å². The number of fused-ring (bicyclic) bond motifs is 2. The third kappa shape index (κ3) is 0.834. The van der Waals surface area contributed by atoms with Crippen LogP contribution in [0.1, 0.15) is 18.9 Å². The van der Waals surface area contributed by atoms with E-state index in [2.05, 4.69) is 6.07 Å². The van der Waals surface area contributed by atoms with Crippen LogP contribution >= 0.6 is 0 Å². The molecule has 0 radical (unpaired) electrons. The highest BCUT2D eigenvalue weighted by Gasteiger charge is 2.55. The fraction of sp³-hybridized carbons (Fsp3) is 0.417. The molecule has 1 saturated carbocycles. The van der Waals surface area contributed by atoms with Gasteiger partial charge in [-0.15, -0.1) is 0 Å². The summed E-state index contributed by atoms with van der Waals surface area (Å²) in [4.78, 5) is 11.5. The van der Waals surface area contributed by atoms with Crippen LogP contribution in [0.3, 0.4) is 0 Å². The monoisotopic (exact) mass is 188 g/mol. The van der Waals surface area contributed by atoms with Crippen LogP contribution < -0.4 is 4.74 Å². The van der Waals surface area contributed by atoms with E-state index in [0.717, 1.165) is 12.2 Å². The van der Waals surface area contributed by atoms with Crippen LogP contribution in [-0.4, -0.2) is 11.4 Å². The number of rotatable bonds is 0. The molecule has 72 valence electrons. The molecule has 1 aliphatic carbocycles. The Bertz CT molecular complexity index is 411. The van der Waals surface area contributed by atoms with Gasteiger partial charge in [0.15, 0.2) is 11.4 Å². The number of Topliss-reactive ketones (excluding diaryl/α,β-unsaturated/α-hetero) is 1. The molecule has 1 aromatic rings. The number of carbonyl (C=O) groups excluding carboxylic acids is 1. The minimum atomic E-state index is -0.519. The molecule has 0 bridgehead atoms. The minimum absolute atomic E-state index is 0.247. The van der Waals surface area contributed by atoms with Crippen molar-refractivity contribution < 1.29 is 9.53 Å². The third-order valence-corrected chi connectivity index (χ3v) is 3.53. The molecule has 1 aromatic carbocycles. The summed E-state index contributed by atoms with van der Waals surface area (Å²) in [6, 6.07) is 8.00. The SMILES string of the molecule is CC12Oc3ccccc3CC1CC2=O. The van der Waals surface area contributed by atoms with Gasteiger partial charge in [-0.2, -0.15) is 0 Å². The van der Waals surface area contributed by atoms with Crippen molar-refractivity contribution in [3.05, 3.63) is 29.8 Å². The summed E-state index contributed by atoms with van der Waals surface area (Å²) in [5, 5.41) is 0. The van der Waals surface area contributed by atoms with E-state index in [9.17, 15) is 4.79 Å². The predicted octanol–water partition coefficient (Wildman–Crippen LogP) is 1.97. The summed E-state index contributed by atoms with van der Waals surface area (Å²) in [7, 11) is 0. The Balaban J connectivity index is 2.05. The fourth-order valence-corrected chi connectivity index (χ4v) is 2.39. The molecule has 2 nitrogen and oxygen atoms in total. The summed E-state index contributed by atoms with van der Waals surface area (Å²) in [6.07, 6.45) is 1.67. The Morgan fingerprint density at radius 1 is 1.36 bits per heavy atom. The van der Waals surface area contributed by atoms with Gasteiger partial charge in [0.2, 0.25) is 0 Å². The van der Waals surface area contributed by atoms with Crippen LogP contribution in [0, 0.1) is 5.92 Å². The Hall–Kier alpha value is -1.31. The Labute approximate surface area is 82.9 Å². The first-order chi connectivity index (χ1) is 6.70. The van der Waals surface area contributed by atoms with Crippen LogP contribution in [0.25, 0.3) is 0 Å². The first-order valence-corrected chi connectivity index (χ1v) is 5.00. The van der Waals surface area contributed by atoms with Crippen molar-refractivity contribution in [2.75, 3.05) is 0 Å². The van der Waals surface area contributed by atoms with Crippen molar-refractivity contribution in [2.45, 2.75) is 25.4 Å². The van der Waals surface area contributed by atoms with Crippen LogP contribution in [0.5, 0.6) is 5.75 Å². The van der Waals surface area contributed by atoms with Gasteiger partial charge in [-0.25, -0.2) is 0 Å². The second-order valence-electron chi connectivity index (χ2n) is 4.35. The molecule has 2 atom stereocenters. The number of benzene rings is 1. The molecule has 1 heterocycles. The normalized spacial score (nSPS) is 33.8. The van der Waals surface area contributed by atoms with E-state index >= 15 is 0 Å². The quantitative estimate of drug-likeness (QED) is 0.622. The fourth-order valence-electron chi connectivity index (χ4n) is 2.39. The highest BCUT2D eigenvalue weighted by Crippen LogP contribution is 2.46. The average molecular weight is 188 g/mol. The average Bonchev–Trinajstić information content (AvgIpc) is 2.19. The Kier molecular flexibility index (Phi) is 1.37. The lowest BCUT2D eigenvalue weighted by atomic mass is 9.65. The first kappa shape index (κ1) is 8.04. The maximum Gasteiger partial charge on any atom is 0.176 e. The van der Waals surface area contributed by atoms with Gasteiger partial charge in [-0.3, -0.25) is 4.79 Å². The molecular formula is C12H12O2. The van der Waals surface area contributed by atoms with Crippen LogP contribution in [0.2, 0.25) is 0 Å². The molecule has 1 fully saturated rings. The third-order valence-electron chi connectivity index (χ3n) is 3.53. The van der Waals surface area contributed by atoms with Crippen molar-refractivity contribution in [3.63, 3.8) is 0 Å². The zero-order valence-corrected chi connectivity index (χ0v) is 8.12. The lowest BCUT2D eigenvalue weighted by molar-refractivity contribution is -0.156. The summed E-state index contributed by atoms with van der Waals surface area (Å²) in [5.74, 6) is 1.53. The van der Waals surface area contributed by atoms with Crippen LogP contribution in [-0.2, 0) is 11.2 Å². The molecule has 2 unspecified atom stereocenters. The topological polar surface area (TPSA) is 26.3 Å². The van der Waals surface area contributed by atoms with E-state index in [1.807, 2.05) is 25.1 Å². The molecule has 0 spiro atoms. The lowest BCUT2D eigenvalue weighted by Crippen LogP contribution is -2.60. The molecule has 14 heavy (non-hydrogen) atoms. The van der Waals surface area contributed by atoms with E-state index in [1.165, 1.54) is 5.56 Å². The highest BCUT2D eigenvalue weighted by atomic mass is 16.5. The molecule has 0 N–H and O–H groups in total. The number of hydrogen-bond acceptors (Lipinski definition) is 2. The van der Waals surface area contributed by atoms with E-state index in [-0.39, 0.29) is 5.78 Å². The van der Waals surface area contributed by atoms with Gasteiger partial charge >= 0.3 is 0 Å². The van der Waals surface area contributed by atoms with Crippen LogP contribution in [0.4, 0.5) is 0 Å². The van der Waals surface area contributed by atoms with Gasteiger partial charge in [-0.05, 0) is 25.0 Å². The van der Waals surface area contributed by atoms with Crippen molar-refractivity contribution in [2.24, 2.45) is 5.92 Å². The van der Waals surface area contributed by atoms with Crippen molar-refractivity contribution in [1.29, 1.82) is 0 Å². The zero-order valence-electron chi connectivity index (χ0n) is 8.12. The summed E-state index contributed by atoms with van der Waals surface area (Å²) >= 11 is 0. The highest BCUT2D eigenvalue weighted by molar-refractivity contribution is 5.94. The first-order valence-electron chi connectivity index (χ1n) is 5.00. The second kappa shape index (κ2) is 2.38. The summed E-state index contributed by atoms with van der Waals surface area (Å²) in [5.41, 5.74) is 0.719. The number of para-hydroxylation sites is 1. The molecule has 0 amide bonds. The van der Waals surface area contributed by atoms with E-state index in [0.29, 0.717) is 12.3 Å². The summed E-state index contributed by atoms with van der Waals surface area (Å²) in [6.45, 7) is 1.92. The van der Waals surface area contributed by atoms with Gasteiger partial charge in [-0.1, -0.05) is 18.2 Å². The van der Waals surface area contributed by atoms with Crippen LogP contribution in [0.15, 0.2) is 24.3 Å². The molecule has 0 aromatic heterocycles. The molecule has 3 rings (SSSR count). The van der Waals surface area contributed by atoms with Gasteiger partial charge in [0.25, 0.3) is 0 Å². The van der Waals surface area contributed by atoms with Crippen molar-refractivity contribution >= 4 is 5.78 Å². The van der Waals surface area contributed by atoms with E-state index in [1.54, 1.807) is 0 Å². The Morgan fingerprint density at radius 3 is 2.93 bits per heavy atom. The van der Waals surface area contributed by atoms with Gasteiger partial charge in [0.05, 0.1) is 0 Å². The van der Waals surface area contributed by atoms with Gasteiger partial charge in [0.1, 0.15) is 5.75 Å².